The molecular weight excluding hydrogens is 244 g/mol. The number of ether oxygens (including phenoxy) is 1. The molecule has 16 heavy (non-hydrogen) atoms. The van der Waals surface area contributed by atoms with Gasteiger partial charge in [-0.25, -0.2) is 4.98 Å². The average Bonchev–Trinajstić information content (AvgIpc) is 2.96. The monoisotopic (exact) mass is 254 g/mol. The van der Waals surface area contributed by atoms with E-state index in [9.17, 15) is 0 Å². The van der Waals surface area contributed by atoms with Gasteiger partial charge in [0.1, 0.15) is 18.5 Å². The van der Waals surface area contributed by atoms with Crippen LogP contribution in [0.5, 0.6) is 0 Å². The average molecular weight is 255 g/mol. The number of alkyl halides is 1. The third kappa shape index (κ3) is 1.77. The van der Waals surface area contributed by atoms with Gasteiger partial charge >= 0.3 is 0 Å². The second-order valence-electron chi connectivity index (χ2n) is 3.75. The van der Waals surface area contributed by atoms with E-state index in [0.717, 1.165) is 18.1 Å². The van der Waals surface area contributed by atoms with Gasteiger partial charge in [0, 0.05) is 11.1 Å². The first kappa shape index (κ1) is 10.3. The predicted molar refractivity (Wildman–Crippen MR) is 63.6 cm³/mol. The molecule has 0 spiro atoms. The van der Waals surface area contributed by atoms with Gasteiger partial charge in [0.15, 0.2) is 0 Å². The molecule has 1 atom stereocenters. The van der Waals surface area contributed by atoms with Gasteiger partial charge in [0.05, 0.1) is 18.1 Å². The van der Waals surface area contributed by atoms with E-state index in [1.54, 1.807) is 11.3 Å². The standard InChI is InChI=1S/C11H11ClN2OS/c12-4-8-5-14-6-9(10-2-1-3-16-10)15-7-11(14)13-8/h1-3,5,9H,4,6-7H2/t9-/m0/s1. The number of rotatable bonds is 2. The Labute approximate surface area is 103 Å². The van der Waals surface area contributed by atoms with Gasteiger partial charge in [-0.3, -0.25) is 0 Å². The van der Waals surface area contributed by atoms with Crippen molar-refractivity contribution in [2.75, 3.05) is 0 Å². The van der Waals surface area contributed by atoms with Crippen molar-refractivity contribution in [3.8, 4) is 0 Å². The zero-order valence-electron chi connectivity index (χ0n) is 8.60. The van der Waals surface area contributed by atoms with Crippen LogP contribution in [0.4, 0.5) is 0 Å². The quantitative estimate of drug-likeness (QED) is 0.771. The molecule has 0 fully saturated rings. The first-order valence-electron chi connectivity index (χ1n) is 5.12. The minimum absolute atomic E-state index is 0.157. The lowest BCUT2D eigenvalue weighted by Gasteiger charge is -2.23. The van der Waals surface area contributed by atoms with Crippen molar-refractivity contribution in [2.45, 2.75) is 25.1 Å². The van der Waals surface area contributed by atoms with Crippen LogP contribution < -0.4 is 0 Å². The first-order valence-corrected chi connectivity index (χ1v) is 6.54. The van der Waals surface area contributed by atoms with Crippen LogP contribution in [-0.4, -0.2) is 9.55 Å². The maximum absolute atomic E-state index is 5.79. The number of imidazole rings is 1. The Kier molecular flexibility index (Phi) is 2.71. The molecular formula is C11H11ClN2OS. The smallest absolute Gasteiger partial charge is 0.135 e. The van der Waals surface area contributed by atoms with Crippen LogP contribution in [0.1, 0.15) is 22.5 Å². The predicted octanol–water partition coefficient (Wildman–Crippen LogP) is 2.95. The Hall–Kier alpha value is -0.840. The van der Waals surface area contributed by atoms with E-state index in [4.69, 9.17) is 16.3 Å². The summed E-state index contributed by atoms with van der Waals surface area (Å²) in [5, 5.41) is 2.08. The van der Waals surface area contributed by atoms with Crippen molar-refractivity contribution in [3.63, 3.8) is 0 Å². The van der Waals surface area contributed by atoms with Crippen molar-refractivity contribution in [1.29, 1.82) is 0 Å². The molecule has 0 radical (unpaired) electrons. The lowest BCUT2D eigenvalue weighted by atomic mass is 10.2. The highest BCUT2D eigenvalue weighted by Crippen LogP contribution is 2.29. The maximum Gasteiger partial charge on any atom is 0.135 e. The maximum atomic E-state index is 5.79. The second kappa shape index (κ2) is 4.20. The van der Waals surface area contributed by atoms with Crippen molar-refractivity contribution in [2.24, 2.45) is 0 Å². The zero-order chi connectivity index (χ0) is 11.0. The van der Waals surface area contributed by atoms with E-state index in [1.807, 2.05) is 6.20 Å². The highest BCUT2D eigenvalue weighted by atomic mass is 35.5. The molecule has 0 saturated heterocycles. The largest absolute Gasteiger partial charge is 0.363 e. The molecule has 2 aromatic heterocycles. The van der Waals surface area contributed by atoms with Crippen LogP contribution in [0.25, 0.3) is 0 Å². The molecule has 3 rings (SSSR count). The minimum atomic E-state index is 0.157. The van der Waals surface area contributed by atoms with Crippen molar-refractivity contribution >= 4 is 22.9 Å². The van der Waals surface area contributed by atoms with Crippen LogP contribution in [0.15, 0.2) is 23.7 Å². The van der Waals surface area contributed by atoms with Crippen LogP contribution >= 0.6 is 22.9 Å². The van der Waals surface area contributed by atoms with Crippen LogP contribution in [0, 0.1) is 0 Å². The SMILES string of the molecule is ClCc1cn2c(n1)CO[C@H](c1cccs1)C2. The number of aromatic nitrogens is 2. The zero-order valence-corrected chi connectivity index (χ0v) is 10.2. The fourth-order valence-corrected chi connectivity index (χ4v) is 2.80. The molecule has 0 aromatic carbocycles. The third-order valence-electron chi connectivity index (χ3n) is 2.68. The van der Waals surface area contributed by atoms with Crippen LogP contribution in [-0.2, 0) is 23.8 Å². The molecule has 2 aromatic rings. The summed E-state index contributed by atoms with van der Waals surface area (Å²) in [4.78, 5) is 5.66. The third-order valence-corrected chi connectivity index (χ3v) is 3.92. The fourth-order valence-electron chi connectivity index (χ4n) is 1.90. The van der Waals surface area contributed by atoms with Gasteiger partial charge in [-0.1, -0.05) is 6.07 Å². The molecule has 84 valence electrons. The summed E-state index contributed by atoms with van der Waals surface area (Å²) in [6.45, 7) is 1.40. The van der Waals surface area contributed by atoms with Gasteiger partial charge in [-0.2, -0.15) is 0 Å². The highest BCUT2D eigenvalue weighted by Gasteiger charge is 2.22. The molecule has 0 bridgehead atoms. The van der Waals surface area contributed by atoms with E-state index >= 15 is 0 Å². The molecule has 0 N–H and O–H groups in total. The van der Waals surface area contributed by atoms with Gasteiger partial charge in [0.25, 0.3) is 0 Å². The van der Waals surface area contributed by atoms with E-state index in [2.05, 4.69) is 27.1 Å². The van der Waals surface area contributed by atoms with Gasteiger partial charge < -0.3 is 9.30 Å². The summed E-state index contributed by atoms with van der Waals surface area (Å²) in [7, 11) is 0. The van der Waals surface area contributed by atoms with Crippen molar-refractivity contribution in [3.05, 3.63) is 40.1 Å². The molecule has 1 aliphatic rings. The van der Waals surface area contributed by atoms with Gasteiger partial charge in [-0.15, -0.1) is 22.9 Å². The Morgan fingerprint density at radius 3 is 3.31 bits per heavy atom. The Bertz CT molecular complexity index is 480. The normalized spacial score (nSPS) is 19.7. The molecule has 1 aliphatic heterocycles. The summed E-state index contributed by atoms with van der Waals surface area (Å²) in [6.07, 6.45) is 2.18. The Balaban J connectivity index is 1.85. The molecule has 5 heteroatoms. The Morgan fingerprint density at radius 1 is 1.62 bits per heavy atom. The number of hydrogen-bond acceptors (Lipinski definition) is 3. The number of nitrogens with zero attached hydrogens (tertiary/aromatic N) is 2. The summed E-state index contributed by atoms with van der Waals surface area (Å²) >= 11 is 7.50. The molecule has 0 unspecified atom stereocenters. The van der Waals surface area contributed by atoms with E-state index in [0.29, 0.717) is 12.5 Å². The molecule has 0 amide bonds. The van der Waals surface area contributed by atoms with Crippen molar-refractivity contribution in [1.82, 2.24) is 9.55 Å². The molecule has 0 saturated carbocycles. The van der Waals surface area contributed by atoms with Gasteiger partial charge in [0.2, 0.25) is 0 Å². The van der Waals surface area contributed by atoms with Crippen molar-refractivity contribution < 1.29 is 4.74 Å². The fraction of sp³-hybridized carbons (Fsp3) is 0.364. The highest BCUT2D eigenvalue weighted by molar-refractivity contribution is 7.10. The van der Waals surface area contributed by atoms with Crippen LogP contribution in [0.3, 0.4) is 0 Å². The summed E-state index contributed by atoms with van der Waals surface area (Å²) < 4.78 is 7.94. The van der Waals surface area contributed by atoms with E-state index < -0.39 is 0 Å². The molecule has 3 nitrogen and oxygen atoms in total. The number of halogens is 1. The van der Waals surface area contributed by atoms with E-state index in [-0.39, 0.29) is 6.10 Å². The number of thiophene rings is 1. The summed E-state index contributed by atoms with van der Waals surface area (Å²) in [5.41, 5.74) is 0.923. The molecule has 3 heterocycles. The lowest BCUT2D eigenvalue weighted by molar-refractivity contribution is 0.00267. The lowest BCUT2D eigenvalue weighted by Crippen LogP contribution is -2.20. The van der Waals surface area contributed by atoms with Gasteiger partial charge in [-0.05, 0) is 11.4 Å². The molecule has 0 aliphatic carbocycles. The summed E-state index contributed by atoms with van der Waals surface area (Å²) in [6, 6.07) is 4.16. The Morgan fingerprint density at radius 2 is 2.56 bits per heavy atom. The minimum Gasteiger partial charge on any atom is -0.363 e. The number of fused-ring (bicyclic) bond motifs is 1. The summed E-state index contributed by atoms with van der Waals surface area (Å²) in [5.74, 6) is 1.44. The topological polar surface area (TPSA) is 27.1 Å². The van der Waals surface area contributed by atoms with Crippen LogP contribution in [0.2, 0.25) is 0 Å². The number of hydrogen-bond donors (Lipinski definition) is 0. The first-order chi connectivity index (χ1) is 7.86. The second-order valence-corrected chi connectivity index (χ2v) is 5.00. The van der Waals surface area contributed by atoms with E-state index in [1.165, 1.54) is 4.88 Å².